The Bertz CT molecular complexity index is 1100. The van der Waals surface area contributed by atoms with Crippen LogP contribution >= 0.6 is 46.1 Å². The van der Waals surface area contributed by atoms with Crippen molar-refractivity contribution >= 4 is 63.0 Å². The monoisotopic (exact) mass is 510 g/mol. The lowest BCUT2D eigenvalue weighted by molar-refractivity contribution is 0.0529. The number of amides is 1. The Morgan fingerprint density at radius 2 is 1.81 bits per heavy atom. The van der Waals surface area contributed by atoms with Gasteiger partial charge in [-0.2, -0.15) is 0 Å². The summed E-state index contributed by atoms with van der Waals surface area (Å²) in [5.41, 5.74) is 3.19. The first kappa shape index (κ1) is 24.4. The van der Waals surface area contributed by atoms with Gasteiger partial charge in [0.15, 0.2) is 0 Å². The zero-order chi connectivity index (χ0) is 23.3. The van der Waals surface area contributed by atoms with E-state index in [2.05, 4.69) is 10.6 Å². The van der Waals surface area contributed by atoms with Gasteiger partial charge >= 0.3 is 5.97 Å². The molecule has 3 rings (SSSR count). The van der Waals surface area contributed by atoms with Crippen molar-refractivity contribution in [3.8, 4) is 11.1 Å². The number of ether oxygens (including phenoxy) is 1. The van der Waals surface area contributed by atoms with Gasteiger partial charge in [0.05, 0.1) is 6.61 Å². The van der Waals surface area contributed by atoms with E-state index in [1.165, 1.54) is 11.3 Å². The molecule has 5 nitrogen and oxygen atoms in total. The molecule has 0 saturated heterocycles. The maximum atomic E-state index is 12.8. The van der Waals surface area contributed by atoms with Crippen molar-refractivity contribution in [1.29, 1.82) is 0 Å². The van der Waals surface area contributed by atoms with Crippen molar-refractivity contribution in [2.45, 2.75) is 23.8 Å². The highest BCUT2D eigenvalue weighted by Crippen LogP contribution is 2.39. The van der Waals surface area contributed by atoms with Crippen LogP contribution in [0.1, 0.15) is 33.2 Å². The molecule has 168 valence electrons. The molecule has 0 radical (unpaired) electrons. The molecule has 0 aliphatic carbocycles. The fourth-order valence-electron chi connectivity index (χ4n) is 3.03. The maximum Gasteiger partial charge on any atom is 0.341 e. The first-order chi connectivity index (χ1) is 15.2. The third-order valence-corrected chi connectivity index (χ3v) is 6.08. The van der Waals surface area contributed by atoms with E-state index in [-0.39, 0.29) is 6.61 Å². The molecule has 0 saturated carbocycles. The van der Waals surface area contributed by atoms with Gasteiger partial charge in [0, 0.05) is 16.5 Å². The topological polar surface area (TPSA) is 67.4 Å². The Hall–Kier alpha value is -2.25. The number of benzene rings is 2. The Morgan fingerprint density at radius 3 is 2.44 bits per heavy atom. The molecule has 1 aromatic heterocycles. The number of anilines is 1. The minimum absolute atomic E-state index is 0.209. The lowest BCUT2D eigenvalue weighted by atomic mass is 10.0. The number of nitrogens with one attached hydrogen (secondary N) is 2. The molecule has 32 heavy (non-hydrogen) atoms. The zero-order valence-electron chi connectivity index (χ0n) is 17.3. The Kier molecular flexibility index (Phi) is 8.06. The molecule has 1 heterocycles. The summed E-state index contributed by atoms with van der Waals surface area (Å²) in [5, 5.41) is 7.97. The largest absolute Gasteiger partial charge is 0.462 e. The van der Waals surface area contributed by atoms with Crippen molar-refractivity contribution in [3.63, 3.8) is 0 Å². The van der Waals surface area contributed by atoms with E-state index in [1.54, 1.807) is 25.1 Å². The number of alkyl halides is 3. The number of esters is 1. The van der Waals surface area contributed by atoms with E-state index < -0.39 is 21.8 Å². The van der Waals surface area contributed by atoms with Crippen LogP contribution in [-0.2, 0) is 4.74 Å². The van der Waals surface area contributed by atoms with Crippen LogP contribution in [0.25, 0.3) is 11.1 Å². The van der Waals surface area contributed by atoms with Crippen molar-refractivity contribution in [2.75, 3.05) is 11.9 Å². The summed E-state index contributed by atoms with van der Waals surface area (Å²) < 4.78 is 3.36. The molecule has 0 aliphatic heterocycles. The van der Waals surface area contributed by atoms with Crippen molar-refractivity contribution in [3.05, 3.63) is 76.7 Å². The number of rotatable bonds is 7. The SMILES string of the molecule is CCOC(=O)c1c(-c2ccccc2)csc1N[C@H](NC(=O)c1cccc(C)c1)C(Cl)(Cl)Cl. The molecule has 0 bridgehead atoms. The smallest absolute Gasteiger partial charge is 0.341 e. The molecule has 1 atom stereocenters. The molecule has 0 aliphatic rings. The van der Waals surface area contributed by atoms with E-state index >= 15 is 0 Å². The van der Waals surface area contributed by atoms with Gasteiger partial charge in [0.1, 0.15) is 16.7 Å². The number of carbonyl (C=O) groups excluding carboxylic acids is 2. The maximum absolute atomic E-state index is 12.8. The summed E-state index contributed by atoms with van der Waals surface area (Å²) in [6.07, 6.45) is -1.11. The summed E-state index contributed by atoms with van der Waals surface area (Å²) in [4.78, 5) is 25.6. The first-order valence-electron chi connectivity index (χ1n) is 9.75. The summed E-state index contributed by atoms with van der Waals surface area (Å²) in [7, 11) is 0. The number of carbonyl (C=O) groups is 2. The fraction of sp³-hybridized carbons (Fsp3) is 0.217. The molecule has 9 heteroatoms. The molecule has 3 aromatic rings. The third kappa shape index (κ3) is 5.95. The Morgan fingerprint density at radius 1 is 1.09 bits per heavy atom. The van der Waals surface area contributed by atoms with Crippen LogP contribution in [0.4, 0.5) is 5.00 Å². The van der Waals surface area contributed by atoms with Crippen LogP contribution in [0, 0.1) is 6.92 Å². The van der Waals surface area contributed by atoms with Gasteiger partial charge in [-0.15, -0.1) is 11.3 Å². The summed E-state index contributed by atoms with van der Waals surface area (Å²) in [6.45, 7) is 3.82. The van der Waals surface area contributed by atoms with Crippen molar-refractivity contribution in [1.82, 2.24) is 5.32 Å². The molecule has 2 N–H and O–H groups in total. The quantitative estimate of drug-likeness (QED) is 0.218. The number of hydrogen-bond donors (Lipinski definition) is 2. The molecule has 0 unspecified atom stereocenters. The molecule has 1 amide bonds. The van der Waals surface area contributed by atoms with Gasteiger partial charge in [-0.05, 0) is 31.5 Å². The first-order valence-corrected chi connectivity index (χ1v) is 11.8. The molecular weight excluding hydrogens is 491 g/mol. The van der Waals surface area contributed by atoms with Gasteiger partial charge in [0.25, 0.3) is 5.91 Å². The van der Waals surface area contributed by atoms with Gasteiger partial charge < -0.3 is 15.4 Å². The number of halogens is 3. The predicted octanol–water partition coefficient (Wildman–Crippen LogP) is 6.44. The van der Waals surface area contributed by atoms with Crippen LogP contribution in [-0.4, -0.2) is 28.4 Å². The fourth-order valence-corrected chi connectivity index (χ4v) is 4.35. The van der Waals surface area contributed by atoms with Crippen LogP contribution in [0.5, 0.6) is 0 Å². The lowest BCUT2D eigenvalue weighted by Crippen LogP contribution is -2.49. The van der Waals surface area contributed by atoms with Crippen molar-refractivity contribution in [2.24, 2.45) is 0 Å². The second-order valence-electron chi connectivity index (χ2n) is 6.90. The highest BCUT2D eigenvalue weighted by atomic mass is 35.6. The van der Waals surface area contributed by atoms with Crippen molar-refractivity contribution < 1.29 is 14.3 Å². The van der Waals surface area contributed by atoms with Gasteiger partial charge in [-0.3, -0.25) is 4.79 Å². The molecule has 0 fully saturated rings. The Labute approximate surface area is 205 Å². The van der Waals surface area contributed by atoms with E-state index in [0.29, 0.717) is 21.7 Å². The second kappa shape index (κ2) is 10.6. The molecular formula is C23H21Cl3N2O3S. The predicted molar refractivity (Wildman–Crippen MR) is 132 cm³/mol. The number of hydrogen-bond acceptors (Lipinski definition) is 5. The van der Waals surface area contributed by atoms with Gasteiger partial charge in [0.2, 0.25) is 3.79 Å². The minimum atomic E-state index is -1.90. The van der Waals surface area contributed by atoms with Crippen LogP contribution in [0.2, 0.25) is 0 Å². The van der Waals surface area contributed by atoms with Crippen LogP contribution in [0.3, 0.4) is 0 Å². The van der Waals surface area contributed by atoms with Crippen LogP contribution in [0.15, 0.2) is 60.0 Å². The normalized spacial score (nSPS) is 12.2. The highest BCUT2D eigenvalue weighted by Gasteiger charge is 2.36. The van der Waals surface area contributed by atoms with Gasteiger partial charge in [-0.25, -0.2) is 4.79 Å². The standard InChI is InChI=1S/C23H21Cl3N2O3S/c1-3-31-21(30)18-17(15-9-5-4-6-10-15)13-32-20(18)28-22(23(24,25)26)27-19(29)16-11-7-8-14(2)12-16/h4-13,22,28H,3H2,1-2H3,(H,27,29)/t22-/m0/s1. The Balaban J connectivity index is 1.95. The highest BCUT2D eigenvalue weighted by molar-refractivity contribution is 7.15. The summed E-state index contributed by atoms with van der Waals surface area (Å²) in [6, 6.07) is 16.5. The average molecular weight is 512 g/mol. The van der Waals surface area contributed by atoms with E-state index in [9.17, 15) is 9.59 Å². The second-order valence-corrected chi connectivity index (χ2v) is 10.2. The zero-order valence-corrected chi connectivity index (χ0v) is 20.4. The number of aryl methyl sites for hydroxylation is 1. The molecule has 2 aromatic carbocycles. The minimum Gasteiger partial charge on any atom is -0.462 e. The summed E-state index contributed by atoms with van der Waals surface area (Å²) in [5.74, 6) is -0.932. The van der Waals surface area contributed by atoms with Gasteiger partial charge in [-0.1, -0.05) is 82.8 Å². The average Bonchev–Trinajstić information content (AvgIpc) is 3.17. The lowest BCUT2D eigenvalue weighted by Gasteiger charge is -2.27. The number of thiophene rings is 1. The molecule has 0 spiro atoms. The van der Waals surface area contributed by atoms with E-state index in [0.717, 1.165) is 11.1 Å². The third-order valence-electron chi connectivity index (χ3n) is 4.51. The van der Waals surface area contributed by atoms with E-state index in [4.69, 9.17) is 39.5 Å². The van der Waals surface area contributed by atoms with Crippen LogP contribution < -0.4 is 10.6 Å². The van der Waals surface area contributed by atoms with E-state index in [1.807, 2.05) is 48.7 Å². The summed E-state index contributed by atoms with van der Waals surface area (Å²) >= 11 is 19.8.